The molecule has 0 bridgehead atoms. The van der Waals surface area contributed by atoms with E-state index in [0.29, 0.717) is 13.0 Å². The molecule has 1 saturated heterocycles. The van der Waals surface area contributed by atoms with Gasteiger partial charge in [0, 0.05) is 18.9 Å². The molecule has 3 unspecified atom stereocenters. The number of likely N-dealkylation sites (tertiary alicyclic amines) is 1. The van der Waals surface area contributed by atoms with Crippen LogP contribution in [0.25, 0.3) is 0 Å². The summed E-state index contributed by atoms with van der Waals surface area (Å²) in [5.74, 6) is -1.09. The molecule has 7 N–H and O–H groups in total. The summed E-state index contributed by atoms with van der Waals surface area (Å²) in [6.07, 6.45) is 6.35. The molecule has 3 aromatic rings. The summed E-state index contributed by atoms with van der Waals surface area (Å²) in [5.41, 5.74) is 18.5. The van der Waals surface area contributed by atoms with E-state index in [1.165, 1.54) is 11.1 Å². The molecule has 6 rings (SSSR count). The van der Waals surface area contributed by atoms with Crippen LogP contribution in [0.5, 0.6) is 0 Å². The Morgan fingerprint density at radius 3 is 1.80 bits per heavy atom. The summed E-state index contributed by atoms with van der Waals surface area (Å²) in [6, 6.07) is 21.1. The summed E-state index contributed by atoms with van der Waals surface area (Å²) in [5, 5.41) is 9.52. The molecule has 0 aromatic heterocycles. The van der Waals surface area contributed by atoms with Crippen molar-refractivity contribution in [3.8, 4) is 0 Å². The molecule has 300 valence electrons. The van der Waals surface area contributed by atoms with Crippen LogP contribution < -0.4 is 27.4 Å². The highest BCUT2D eigenvalue weighted by Crippen LogP contribution is 2.36. The van der Waals surface area contributed by atoms with E-state index in [-0.39, 0.29) is 48.1 Å². The fourth-order valence-corrected chi connectivity index (χ4v) is 8.49. The quantitative estimate of drug-likeness (QED) is 0.183. The number of hydrogen-bond acceptors (Lipinski definition) is 6. The molecule has 1 fully saturated rings. The van der Waals surface area contributed by atoms with E-state index < -0.39 is 35.0 Å². The minimum Gasteiger partial charge on any atom is -0.347 e. The summed E-state index contributed by atoms with van der Waals surface area (Å²) in [4.78, 5) is 57.1. The van der Waals surface area contributed by atoms with E-state index in [1.807, 2.05) is 90.1 Å². The number of fused-ring (bicyclic) bond motifs is 2. The molecule has 0 radical (unpaired) electrons. The van der Waals surface area contributed by atoms with Gasteiger partial charge in [0.25, 0.3) is 0 Å². The average molecular weight is 763 g/mol. The van der Waals surface area contributed by atoms with Crippen LogP contribution in [0.3, 0.4) is 0 Å². The van der Waals surface area contributed by atoms with Crippen molar-refractivity contribution in [3.05, 3.63) is 106 Å². The highest BCUT2D eigenvalue weighted by molar-refractivity contribution is 5.92. The first-order valence-electron chi connectivity index (χ1n) is 20.5. The van der Waals surface area contributed by atoms with Gasteiger partial charge in [-0.15, -0.1) is 0 Å². The topological polar surface area (TPSA) is 160 Å². The molecule has 1 heterocycles. The predicted molar refractivity (Wildman–Crippen MR) is 220 cm³/mol. The zero-order chi connectivity index (χ0) is 40.4. The Balaban J connectivity index is 1.20. The van der Waals surface area contributed by atoms with Crippen LogP contribution in [0.4, 0.5) is 0 Å². The van der Waals surface area contributed by atoms with Crippen molar-refractivity contribution in [2.75, 3.05) is 6.54 Å². The van der Waals surface area contributed by atoms with E-state index in [0.717, 1.165) is 60.8 Å². The van der Waals surface area contributed by atoms with E-state index >= 15 is 0 Å². The minimum absolute atomic E-state index is 0.0930. The maximum atomic E-state index is 14.1. The van der Waals surface area contributed by atoms with Gasteiger partial charge < -0.3 is 32.3 Å². The number of nitrogens with zero attached hydrogens (tertiary/aromatic N) is 1. The van der Waals surface area contributed by atoms with Gasteiger partial charge in [-0.1, -0.05) is 114 Å². The number of aryl methyl sites for hydroxylation is 2. The first-order valence-corrected chi connectivity index (χ1v) is 20.5. The Labute approximate surface area is 332 Å². The average Bonchev–Trinajstić information content (AvgIpc) is 3.62. The molecule has 3 aliphatic rings. The molecule has 3 aromatic carbocycles. The maximum absolute atomic E-state index is 14.1. The molecule has 2 aliphatic carbocycles. The number of carbonyl (C=O) groups excluding carboxylic acids is 4. The molecule has 1 aliphatic heterocycles. The molecule has 4 amide bonds. The van der Waals surface area contributed by atoms with Gasteiger partial charge in [-0.05, 0) is 89.2 Å². The first kappa shape index (κ1) is 41.1. The van der Waals surface area contributed by atoms with Crippen LogP contribution in [0.1, 0.15) is 125 Å². The highest BCUT2D eigenvalue weighted by Gasteiger charge is 2.44. The van der Waals surface area contributed by atoms with E-state index in [9.17, 15) is 19.2 Å². The number of carbonyl (C=O) groups is 4. The van der Waals surface area contributed by atoms with Crippen molar-refractivity contribution in [1.82, 2.24) is 20.9 Å². The van der Waals surface area contributed by atoms with Gasteiger partial charge in [0.05, 0.1) is 24.2 Å². The van der Waals surface area contributed by atoms with Crippen molar-refractivity contribution >= 4 is 23.6 Å². The lowest BCUT2D eigenvalue weighted by atomic mass is 9.86. The Hall–Kier alpha value is -4.54. The summed E-state index contributed by atoms with van der Waals surface area (Å²) < 4.78 is 0. The smallest absolute Gasteiger partial charge is 0.243 e. The number of rotatable bonds is 10. The lowest BCUT2D eigenvalue weighted by Crippen LogP contribution is -2.56. The molecule has 10 heteroatoms. The van der Waals surface area contributed by atoms with E-state index in [2.05, 4.69) is 40.2 Å². The Morgan fingerprint density at radius 1 is 0.714 bits per heavy atom. The standard InChI is InChI=1S/C46H62N6O4/c1-45(2,3)39(47)43(55)51-37(41(53)49-35-19-11-15-30-13-7-9-17-33(30)35)25-28-21-23-29(24-22-28)32-26-38(52(27-32)44(56)40(48)46(4,5)6)42(54)50-36-20-12-16-31-14-8-10-18-34(31)36/h7-10,13-14,17-18,21-24,32,35-40H,11-12,15-16,19-20,25-27,47-48H2,1-6H3,(H,49,53)(H,50,54)(H,51,55)/t32-,35+,36+,37?,38-,39?,40?/m0/s1. The zero-order valence-corrected chi connectivity index (χ0v) is 34.1. The number of benzene rings is 3. The van der Waals surface area contributed by atoms with Gasteiger partial charge >= 0.3 is 0 Å². The monoisotopic (exact) mass is 762 g/mol. The minimum atomic E-state index is -0.840. The van der Waals surface area contributed by atoms with Gasteiger partial charge in [-0.25, -0.2) is 0 Å². The van der Waals surface area contributed by atoms with E-state index in [4.69, 9.17) is 11.5 Å². The first-order chi connectivity index (χ1) is 26.5. The summed E-state index contributed by atoms with van der Waals surface area (Å²) in [6.45, 7) is 11.9. The zero-order valence-electron chi connectivity index (χ0n) is 34.1. The fourth-order valence-electron chi connectivity index (χ4n) is 8.49. The molecule has 0 saturated carbocycles. The molecule has 7 atom stereocenters. The number of nitrogens with one attached hydrogen (secondary N) is 3. The van der Waals surface area contributed by atoms with Gasteiger partial charge in [0.2, 0.25) is 23.6 Å². The molecular weight excluding hydrogens is 701 g/mol. The predicted octanol–water partition coefficient (Wildman–Crippen LogP) is 5.53. The van der Waals surface area contributed by atoms with Crippen molar-refractivity contribution in [2.24, 2.45) is 22.3 Å². The Kier molecular flexibility index (Phi) is 12.4. The van der Waals surface area contributed by atoms with E-state index in [1.54, 1.807) is 4.90 Å². The third-order valence-corrected chi connectivity index (χ3v) is 12.2. The lowest BCUT2D eigenvalue weighted by Gasteiger charge is -2.34. The van der Waals surface area contributed by atoms with Crippen LogP contribution >= 0.6 is 0 Å². The Bertz CT molecular complexity index is 1900. The second-order valence-corrected chi connectivity index (χ2v) is 18.4. The molecular formula is C46H62N6O4. The third-order valence-electron chi connectivity index (χ3n) is 12.2. The van der Waals surface area contributed by atoms with Crippen LogP contribution in [0.15, 0.2) is 72.8 Å². The van der Waals surface area contributed by atoms with Crippen LogP contribution in [-0.4, -0.2) is 59.2 Å². The van der Waals surface area contributed by atoms with Gasteiger partial charge in [0.15, 0.2) is 0 Å². The van der Waals surface area contributed by atoms with Gasteiger partial charge in [-0.3, -0.25) is 19.2 Å². The third kappa shape index (κ3) is 9.35. The number of hydrogen-bond donors (Lipinski definition) is 5. The second-order valence-electron chi connectivity index (χ2n) is 18.4. The van der Waals surface area contributed by atoms with Crippen molar-refractivity contribution in [3.63, 3.8) is 0 Å². The fraction of sp³-hybridized carbons (Fsp3) is 0.522. The highest BCUT2D eigenvalue weighted by atomic mass is 16.2. The normalized spacial score (nSPS) is 22.5. The van der Waals surface area contributed by atoms with Crippen molar-refractivity contribution in [1.29, 1.82) is 0 Å². The van der Waals surface area contributed by atoms with Crippen molar-refractivity contribution < 1.29 is 19.2 Å². The van der Waals surface area contributed by atoms with Gasteiger partial charge in [0.1, 0.15) is 12.1 Å². The maximum Gasteiger partial charge on any atom is 0.243 e. The largest absolute Gasteiger partial charge is 0.347 e. The van der Waals surface area contributed by atoms with Crippen LogP contribution in [0.2, 0.25) is 0 Å². The second kappa shape index (κ2) is 16.9. The van der Waals surface area contributed by atoms with Gasteiger partial charge in [-0.2, -0.15) is 0 Å². The Morgan fingerprint density at radius 2 is 1.25 bits per heavy atom. The lowest BCUT2D eigenvalue weighted by molar-refractivity contribution is -0.141. The number of amides is 4. The van der Waals surface area contributed by atoms with Crippen LogP contribution in [-0.2, 0) is 38.4 Å². The molecule has 56 heavy (non-hydrogen) atoms. The van der Waals surface area contributed by atoms with Crippen LogP contribution in [0, 0.1) is 10.8 Å². The number of nitrogens with two attached hydrogens (primary N) is 2. The summed E-state index contributed by atoms with van der Waals surface area (Å²) in [7, 11) is 0. The van der Waals surface area contributed by atoms with Crippen molar-refractivity contribution in [2.45, 2.75) is 135 Å². The molecule has 0 spiro atoms. The SMILES string of the molecule is CC(C)(C)C(N)C(=O)NC(Cc1ccc([C@H]2C[C@@H](C(=O)N[C@@H]3CCCc4ccccc43)N(C(=O)C(N)C(C)(C)C)C2)cc1)C(=O)N[C@@H]1CCCc2ccccc21. The summed E-state index contributed by atoms with van der Waals surface area (Å²) >= 11 is 0. The molecule has 10 nitrogen and oxygen atoms in total.